The van der Waals surface area contributed by atoms with Crippen LogP contribution in [0.4, 0.5) is 17.6 Å². The van der Waals surface area contributed by atoms with E-state index in [0.717, 1.165) is 5.56 Å². The number of aromatic nitrogens is 6. The minimum atomic E-state index is -0.470. The third-order valence-corrected chi connectivity index (χ3v) is 6.20. The predicted molar refractivity (Wildman–Crippen MR) is 142 cm³/mol. The van der Waals surface area contributed by atoms with Crippen molar-refractivity contribution in [2.75, 3.05) is 17.2 Å². The summed E-state index contributed by atoms with van der Waals surface area (Å²) in [6, 6.07) is 17.7. The molecule has 1 unspecified atom stereocenters. The number of nitrogens with one attached hydrogen (secondary N) is 3. The van der Waals surface area contributed by atoms with Gasteiger partial charge in [0.05, 0.1) is 29.9 Å². The fourth-order valence-corrected chi connectivity index (χ4v) is 4.25. The number of pyridine rings is 2. The Hall–Kier alpha value is -5.23. The first kappa shape index (κ1) is 24.1. The zero-order valence-corrected chi connectivity index (χ0v) is 20.7. The molecule has 4 N–H and O–H groups in total. The van der Waals surface area contributed by atoms with Crippen molar-refractivity contribution in [2.24, 2.45) is 0 Å². The van der Waals surface area contributed by atoms with E-state index in [1.165, 1.54) is 0 Å². The molecular weight excluding hydrogens is 498 g/mol. The largest absolute Gasteiger partial charge is 0.394 e. The zero-order chi connectivity index (χ0) is 26.8. The Labute approximate surface area is 222 Å². The topological polar surface area (TPSA) is 164 Å². The monoisotopic (exact) mass is 521 g/mol. The van der Waals surface area contributed by atoms with Crippen molar-refractivity contribution < 1.29 is 14.4 Å². The van der Waals surface area contributed by atoms with Crippen molar-refractivity contribution in [3.8, 4) is 23.0 Å². The molecule has 4 aromatic heterocycles. The number of carbonyl (C=O) groups excluding carboxylic acids is 1. The van der Waals surface area contributed by atoms with Crippen LogP contribution in [0.5, 0.6) is 0 Å². The molecule has 0 fully saturated rings. The van der Waals surface area contributed by atoms with Gasteiger partial charge in [0.15, 0.2) is 0 Å². The van der Waals surface area contributed by atoms with Crippen LogP contribution in [-0.4, -0.2) is 47.7 Å². The SMILES string of the molecule is CC1NC(=O)c2ccc(Nc3ncc(-c4nc(-c5ccccn5)no4)c(N[C@H](CO)c4ccccc4)n3)nc21. The first-order valence-electron chi connectivity index (χ1n) is 12.2. The van der Waals surface area contributed by atoms with Gasteiger partial charge < -0.3 is 25.6 Å². The summed E-state index contributed by atoms with van der Waals surface area (Å²) < 4.78 is 5.54. The van der Waals surface area contributed by atoms with Gasteiger partial charge in [-0.15, -0.1) is 0 Å². The van der Waals surface area contributed by atoms with Crippen molar-refractivity contribution in [1.82, 2.24) is 35.4 Å². The van der Waals surface area contributed by atoms with Gasteiger partial charge in [0.1, 0.15) is 22.9 Å². The minimum Gasteiger partial charge on any atom is -0.394 e. The predicted octanol–water partition coefficient (Wildman–Crippen LogP) is 3.68. The van der Waals surface area contributed by atoms with Crippen molar-refractivity contribution >= 4 is 23.5 Å². The second-order valence-corrected chi connectivity index (χ2v) is 8.83. The maximum Gasteiger partial charge on any atom is 0.263 e. The maximum atomic E-state index is 12.1. The molecule has 0 bridgehead atoms. The Bertz CT molecular complexity index is 1630. The lowest BCUT2D eigenvalue weighted by Crippen LogP contribution is -2.17. The summed E-state index contributed by atoms with van der Waals surface area (Å²) >= 11 is 0. The van der Waals surface area contributed by atoms with Gasteiger partial charge in [-0.3, -0.25) is 9.78 Å². The molecule has 1 amide bonds. The van der Waals surface area contributed by atoms with E-state index < -0.39 is 6.04 Å². The summed E-state index contributed by atoms with van der Waals surface area (Å²) in [5.74, 6) is 1.44. The van der Waals surface area contributed by atoms with Crippen molar-refractivity contribution in [1.29, 1.82) is 0 Å². The van der Waals surface area contributed by atoms with Crippen LogP contribution in [0, 0.1) is 0 Å². The lowest BCUT2D eigenvalue weighted by molar-refractivity contribution is 0.0958. The normalized spacial score (nSPS) is 14.9. The van der Waals surface area contributed by atoms with Gasteiger partial charge in [-0.1, -0.05) is 41.6 Å². The molecule has 0 saturated heterocycles. The van der Waals surface area contributed by atoms with Gasteiger partial charge in [-0.25, -0.2) is 9.97 Å². The molecule has 12 nitrogen and oxygen atoms in total. The number of aliphatic hydroxyl groups excluding tert-OH is 1. The second-order valence-electron chi connectivity index (χ2n) is 8.83. The molecule has 6 rings (SSSR count). The van der Waals surface area contributed by atoms with Crippen LogP contribution in [0.25, 0.3) is 23.0 Å². The fraction of sp³-hybridized carbons (Fsp3) is 0.148. The summed E-state index contributed by atoms with van der Waals surface area (Å²) in [6.07, 6.45) is 3.20. The number of carbonyl (C=O) groups is 1. The summed E-state index contributed by atoms with van der Waals surface area (Å²) in [4.78, 5) is 34.5. The third-order valence-electron chi connectivity index (χ3n) is 6.20. The number of nitrogens with zero attached hydrogens (tertiary/aromatic N) is 6. The Morgan fingerprint density at radius 1 is 1.00 bits per heavy atom. The van der Waals surface area contributed by atoms with Crippen LogP contribution in [-0.2, 0) is 0 Å². The molecular formula is C27H23N9O3. The van der Waals surface area contributed by atoms with Crippen LogP contribution in [0.1, 0.15) is 40.6 Å². The molecule has 0 saturated carbocycles. The average Bonchev–Trinajstić information content (AvgIpc) is 3.57. The Morgan fingerprint density at radius 2 is 1.85 bits per heavy atom. The van der Waals surface area contributed by atoms with Crippen molar-refractivity contribution in [3.63, 3.8) is 0 Å². The van der Waals surface area contributed by atoms with Crippen LogP contribution in [0.15, 0.2) is 77.6 Å². The number of aliphatic hydroxyl groups is 1. The van der Waals surface area contributed by atoms with E-state index in [1.54, 1.807) is 36.7 Å². The Morgan fingerprint density at radius 3 is 2.64 bits per heavy atom. The van der Waals surface area contributed by atoms with Crippen LogP contribution < -0.4 is 16.0 Å². The number of hydrogen-bond donors (Lipinski definition) is 4. The van der Waals surface area contributed by atoms with E-state index in [-0.39, 0.29) is 30.4 Å². The molecule has 0 aliphatic carbocycles. The smallest absolute Gasteiger partial charge is 0.263 e. The van der Waals surface area contributed by atoms with Crippen molar-refractivity contribution in [2.45, 2.75) is 19.0 Å². The average molecular weight is 522 g/mol. The van der Waals surface area contributed by atoms with E-state index in [0.29, 0.717) is 40.0 Å². The van der Waals surface area contributed by atoms with Crippen LogP contribution >= 0.6 is 0 Å². The number of rotatable bonds is 8. The molecule has 12 heteroatoms. The molecule has 1 aliphatic rings. The number of anilines is 3. The molecule has 39 heavy (non-hydrogen) atoms. The van der Waals surface area contributed by atoms with E-state index in [4.69, 9.17) is 4.52 Å². The molecule has 0 radical (unpaired) electrons. The van der Waals surface area contributed by atoms with E-state index in [1.807, 2.05) is 43.3 Å². The number of amides is 1. The second kappa shape index (κ2) is 10.3. The third kappa shape index (κ3) is 4.88. The Kier molecular flexibility index (Phi) is 6.35. The zero-order valence-electron chi connectivity index (χ0n) is 20.7. The summed E-state index contributed by atoms with van der Waals surface area (Å²) in [6.45, 7) is 1.68. The molecule has 194 valence electrons. The molecule has 1 aliphatic heterocycles. The summed E-state index contributed by atoms with van der Waals surface area (Å²) in [5, 5.41) is 23.5. The fourth-order valence-electron chi connectivity index (χ4n) is 4.25. The van der Waals surface area contributed by atoms with E-state index in [9.17, 15) is 9.90 Å². The molecule has 0 spiro atoms. The molecule has 5 aromatic rings. The number of hydrogen-bond acceptors (Lipinski definition) is 11. The highest BCUT2D eigenvalue weighted by molar-refractivity contribution is 5.98. The standard InChI is InChI=1S/C27H23N9O3/c1-15-22-17(25(38)30-15)10-11-21(32-22)33-27-29-13-18(26-34-24(36-39-26)19-9-5-6-12-28-19)23(35-27)31-20(14-37)16-7-3-2-4-8-16/h2-13,15,20,37H,14H2,1H3,(H,30,38)(H2,29,31,32,33,35)/t15?,20-/m1/s1. The highest BCUT2D eigenvalue weighted by Crippen LogP contribution is 2.31. The molecule has 1 aromatic carbocycles. The number of fused-ring (bicyclic) bond motifs is 1. The van der Waals surface area contributed by atoms with Gasteiger partial charge >= 0.3 is 0 Å². The number of benzene rings is 1. The van der Waals surface area contributed by atoms with Gasteiger partial charge in [-0.2, -0.15) is 9.97 Å². The quantitative estimate of drug-likeness (QED) is 0.235. The van der Waals surface area contributed by atoms with Crippen LogP contribution in [0.3, 0.4) is 0 Å². The lowest BCUT2D eigenvalue weighted by Gasteiger charge is -2.19. The summed E-state index contributed by atoms with van der Waals surface area (Å²) in [7, 11) is 0. The summed E-state index contributed by atoms with van der Waals surface area (Å²) in [5.41, 5.74) is 3.06. The molecule has 2 atom stereocenters. The van der Waals surface area contributed by atoms with Crippen molar-refractivity contribution in [3.05, 3.63) is 89.9 Å². The first-order valence-corrected chi connectivity index (χ1v) is 12.2. The minimum absolute atomic E-state index is 0.149. The Balaban J connectivity index is 1.36. The lowest BCUT2D eigenvalue weighted by atomic mass is 10.1. The van der Waals surface area contributed by atoms with Gasteiger partial charge in [0, 0.05) is 12.4 Å². The van der Waals surface area contributed by atoms with E-state index in [2.05, 4.69) is 46.0 Å². The van der Waals surface area contributed by atoms with E-state index >= 15 is 0 Å². The highest BCUT2D eigenvalue weighted by Gasteiger charge is 2.27. The highest BCUT2D eigenvalue weighted by atomic mass is 16.5. The van der Waals surface area contributed by atoms with Gasteiger partial charge in [-0.05, 0) is 36.8 Å². The maximum absolute atomic E-state index is 12.1. The van der Waals surface area contributed by atoms with Gasteiger partial charge in [0.25, 0.3) is 11.8 Å². The first-order chi connectivity index (χ1) is 19.1. The molecule has 5 heterocycles. The van der Waals surface area contributed by atoms with Crippen LogP contribution in [0.2, 0.25) is 0 Å². The van der Waals surface area contributed by atoms with Gasteiger partial charge in [0.2, 0.25) is 11.8 Å².